The van der Waals surface area contributed by atoms with E-state index in [1.54, 1.807) is 0 Å². The summed E-state index contributed by atoms with van der Waals surface area (Å²) in [6.07, 6.45) is 5.86. The molecule has 1 aliphatic heterocycles. The summed E-state index contributed by atoms with van der Waals surface area (Å²) in [5.41, 5.74) is 2.42. The SMILES string of the molecule is CCNC(=O)NC1(C)CCC(CCN2CCN(c3cccc(Cl)c3C)CC2)CC1. The highest BCUT2D eigenvalue weighted by Crippen LogP contribution is 2.34. The van der Waals surface area contributed by atoms with E-state index in [-0.39, 0.29) is 11.6 Å². The van der Waals surface area contributed by atoms with Crippen LogP contribution >= 0.6 is 11.6 Å². The highest BCUT2D eigenvalue weighted by atomic mass is 35.5. The van der Waals surface area contributed by atoms with E-state index < -0.39 is 0 Å². The van der Waals surface area contributed by atoms with Gasteiger partial charge in [-0.3, -0.25) is 4.90 Å². The van der Waals surface area contributed by atoms with Crippen LogP contribution in [0.1, 0.15) is 51.5 Å². The minimum Gasteiger partial charge on any atom is -0.369 e. The van der Waals surface area contributed by atoms with Crippen molar-refractivity contribution < 1.29 is 4.79 Å². The first kappa shape index (κ1) is 22.2. The predicted molar refractivity (Wildman–Crippen MR) is 122 cm³/mol. The van der Waals surface area contributed by atoms with Crippen molar-refractivity contribution in [1.82, 2.24) is 15.5 Å². The number of halogens is 1. The zero-order chi connectivity index (χ0) is 20.9. The van der Waals surface area contributed by atoms with Gasteiger partial charge in [0.25, 0.3) is 0 Å². The lowest BCUT2D eigenvalue weighted by molar-refractivity contribution is 0.172. The lowest BCUT2D eigenvalue weighted by atomic mass is 9.76. The Kier molecular flexibility index (Phi) is 7.69. The van der Waals surface area contributed by atoms with Crippen LogP contribution in [0.15, 0.2) is 18.2 Å². The fourth-order valence-corrected chi connectivity index (χ4v) is 4.89. The van der Waals surface area contributed by atoms with Gasteiger partial charge in [0.05, 0.1) is 0 Å². The van der Waals surface area contributed by atoms with E-state index in [2.05, 4.69) is 46.4 Å². The number of nitrogens with one attached hydrogen (secondary N) is 2. The highest BCUT2D eigenvalue weighted by molar-refractivity contribution is 6.31. The molecule has 2 N–H and O–H groups in total. The van der Waals surface area contributed by atoms with Crippen molar-refractivity contribution in [2.75, 3.05) is 44.2 Å². The summed E-state index contributed by atoms with van der Waals surface area (Å²) >= 11 is 6.30. The predicted octanol–water partition coefficient (Wildman–Crippen LogP) is 4.43. The number of hydrogen-bond acceptors (Lipinski definition) is 3. The van der Waals surface area contributed by atoms with Crippen LogP contribution < -0.4 is 15.5 Å². The van der Waals surface area contributed by atoms with Crippen LogP contribution in [0.5, 0.6) is 0 Å². The Balaban J connectivity index is 1.38. The van der Waals surface area contributed by atoms with Crippen LogP contribution in [0.25, 0.3) is 0 Å². The minimum absolute atomic E-state index is 0.0266. The average molecular weight is 421 g/mol. The standard InChI is InChI=1S/C23H37ClN4O/c1-4-25-22(29)26-23(3)11-8-19(9-12-23)10-13-27-14-16-28(17-15-27)21-7-5-6-20(24)18(21)2/h5-7,19H,4,8-17H2,1-3H3,(H2,25,26,29). The number of hydrogen-bond donors (Lipinski definition) is 2. The molecule has 1 heterocycles. The molecule has 1 aromatic carbocycles. The summed E-state index contributed by atoms with van der Waals surface area (Å²) < 4.78 is 0. The Morgan fingerprint density at radius 2 is 1.90 bits per heavy atom. The average Bonchev–Trinajstić information content (AvgIpc) is 2.70. The number of benzene rings is 1. The summed E-state index contributed by atoms with van der Waals surface area (Å²) in [5.74, 6) is 0.785. The summed E-state index contributed by atoms with van der Waals surface area (Å²) in [6, 6.07) is 6.18. The first-order chi connectivity index (χ1) is 13.9. The lowest BCUT2D eigenvalue weighted by Crippen LogP contribution is -2.52. The van der Waals surface area contributed by atoms with Gasteiger partial charge in [-0.15, -0.1) is 0 Å². The van der Waals surface area contributed by atoms with Crippen molar-refractivity contribution in [2.45, 2.75) is 58.4 Å². The van der Waals surface area contributed by atoms with E-state index in [1.807, 2.05) is 13.0 Å². The van der Waals surface area contributed by atoms with E-state index in [9.17, 15) is 4.79 Å². The second-order valence-electron chi connectivity index (χ2n) is 8.99. The maximum absolute atomic E-state index is 11.9. The van der Waals surface area contributed by atoms with Crippen LogP contribution in [0.2, 0.25) is 5.02 Å². The number of piperazine rings is 1. The van der Waals surface area contributed by atoms with Crippen molar-refractivity contribution in [1.29, 1.82) is 0 Å². The van der Waals surface area contributed by atoms with Gasteiger partial charge in [-0.05, 0) is 83.0 Å². The van der Waals surface area contributed by atoms with Crippen molar-refractivity contribution >= 4 is 23.3 Å². The van der Waals surface area contributed by atoms with Gasteiger partial charge < -0.3 is 15.5 Å². The lowest BCUT2D eigenvalue weighted by Gasteiger charge is -2.40. The quantitative estimate of drug-likeness (QED) is 0.715. The van der Waals surface area contributed by atoms with Gasteiger partial charge in [0.15, 0.2) is 0 Å². The molecule has 2 amide bonds. The maximum atomic E-state index is 11.9. The molecule has 2 fully saturated rings. The molecule has 0 unspecified atom stereocenters. The Hall–Kier alpha value is -1.46. The Morgan fingerprint density at radius 1 is 1.21 bits per heavy atom. The number of carbonyl (C=O) groups is 1. The molecule has 1 saturated heterocycles. The van der Waals surface area contributed by atoms with Crippen LogP contribution in [0.4, 0.5) is 10.5 Å². The van der Waals surface area contributed by atoms with Crippen LogP contribution in [-0.4, -0.2) is 55.7 Å². The topological polar surface area (TPSA) is 47.6 Å². The summed E-state index contributed by atoms with van der Waals surface area (Å²) in [5, 5.41) is 6.88. The molecule has 1 aliphatic carbocycles. The molecular weight excluding hydrogens is 384 g/mol. The largest absolute Gasteiger partial charge is 0.369 e. The molecule has 0 bridgehead atoms. The van der Waals surface area contributed by atoms with E-state index in [0.29, 0.717) is 6.54 Å². The Morgan fingerprint density at radius 3 is 2.55 bits per heavy atom. The maximum Gasteiger partial charge on any atom is 0.315 e. The number of nitrogens with zero attached hydrogens (tertiary/aromatic N) is 2. The second-order valence-corrected chi connectivity index (χ2v) is 9.40. The monoisotopic (exact) mass is 420 g/mol. The summed E-state index contributed by atoms with van der Waals surface area (Å²) in [4.78, 5) is 16.9. The first-order valence-electron chi connectivity index (χ1n) is 11.2. The van der Waals surface area contributed by atoms with Gasteiger partial charge in [0.1, 0.15) is 0 Å². The molecule has 6 heteroatoms. The molecular formula is C23H37ClN4O. The van der Waals surface area contributed by atoms with Crippen molar-refractivity contribution in [3.8, 4) is 0 Å². The summed E-state index contributed by atoms with van der Waals surface area (Å²) in [7, 11) is 0. The van der Waals surface area contributed by atoms with Gasteiger partial charge in [0, 0.05) is 49.0 Å². The van der Waals surface area contributed by atoms with E-state index in [4.69, 9.17) is 11.6 Å². The van der Waals surface area contributed by atoms with Crippen molar-refractivity contribution in [2.24, 2.45) is 5.92 Å². The highest BCUT2D eigenvalue weighted by Gasteiger charge is 2.32. The van der Waals surface area contributed by atoms with Crippen LogP contribution in [0, 0.1) is 12.8 Å². The molecule has 0 spiro atoms. The van der Waals surface area contributed by atoms with Crippen molar-refractivity contribution in [3.63, 3.8) is 0 Å². The first-order valence-corrected chi connectivity index (χ1v) is 11.6. The molecule has 2 aliphatic rings. The van der Waals surface area contributed by atoms with Gasteiger partial charge in [-0.1, -0.05) is 17.7 Å². The third kappa shape index (κ3) is 6.02. The van der Waals surface area contributed by atoms with Crippen LogP contribution in [-0.2, 0) is 0 Å². The third-order valence-electron chi connectivity index (χ3n) is 6.77. The number of urea groups is 1. The van der Waals surface area contributed by atoms with Crippen LogP contribution in [0.3, 0.4) is 0 Å². The molecule has 5 nitrogen and oxygen atoms in total. The van der Waals surface area contributed by atoms with Crippen molar-refractivity contribution in [3.05, 3.63) is 28.8 Å². The number of amides is 2. The molecule has 1 aromatic rings. The van der Waals surface area contributed by atoms with Gasteiger partial charge in [-0.2, -0.15) is 0 Å². The number of carbonyl (C=O) groups excluding carboxylic acids is 1. The molecule has 162 valence electrons. The van der Waals surface area contributed by atoms with Gasteiger partial charge >= 0.3 is 6.03 Å². The second kappa shape index (κ2) is 10.0. The normalized spacial score (nSPS) is 25.7. The van der Waals surface area contributed by atoms with E-state index >= 15 is 0 Å². The molecule has 3 rings (SSSR count). The smallest absolute Gasteiger partial charge is 0.315 e. The summed E-state index contributed by atoms with van der Waals surface area (Å²) in [6.45, 7) is 12.5. The van der Waals surface area contributed by atoms with Gasteiger partial charge in [0.2, 0.25) is 0 Å². The van der Waals surface area contributed by atoms with E-state index in [0.717, 1.165) is 50.0 Å². The number of rotatable bonds is 6. The van der Waals surface area contributed by atoms with Gasteiger partial charge in [-0.25, -0.2) is 4.79 Å². The molecule has 0 radical (unpaired) electrons. The zero-order valence-electron chi connectivity index (χ0n) is 18.3. The van der Waals surface area contributed by atoms with E-state index in [1.165, 1.54) is 37.1 Å². The molecule has 0 atom stereocenters. The Labute approximate surface area is 181 Å². The third-order valence-corrected chi connectivity index (χ3v) is 7.18. The number of anilines is 1. The molecule has 0 aromatic heterocycles. The Bertz CT molecular complexity index is 679. The fraction of sp³-hybridized carbons (Fsp3) is 0.696. The fourth-order valence-electron chi connectivity index (χ4n) is 4.72. The molecule has 29 heavy (non-hydrogen) atoms. The molecule has 1 saturated carbocycles. The minimum atomic E-state index is -0.0454. The zero-order valence-corrected chi connectivity index (χ0v) is 19.0.